The molecular weight excluding hydrogens is 266 g/mol. The van der Waals surface area contributed by atoms with Crippen molar-refractivity contribution in [3.8, 4) is 0 Å². The fourth-order valence-corrected chi connectivity index (χ4v) is 2.40. The lowest BCUT2D eigenvalue weighted by Gasteiger charge is -2.25. The molecule has 0 spiro atoms. The second-order valence-electron chi connectivity index (χ2n) is 5.12. The monoisotopic (exact) mass is 293 g/mol. The first-order chi connectivity index (χ1) is 10.0. The first-order valence-electron chi connectivity index (χ1n) is 7.71. The average molecular weight is 293 g/mol. The molecule has 0 aliphatic rings. The number of carboxylic acids is 1. The summed E-state index contributed by atoms with van der Waals surface area (Å²) in [7, 11) is 0. The zero-order chi connectivity index (χ0) is 15.8. The van der Waals surface area contributed by atoms with Crippen LogP contribution in [-0.4, -0.2) is 53.7 Å². The van der Waals surface area contributed by atoms with Gasteiger partial charge in [0, 0.05) is 18.8 Å². The lowest BCUT2D eigenvalue weighted by molar-refractivity contribution is 0.0696. The predicted octanol–water partition coefficient (Wildman–Crippen LogP) is 2.65. The van der Waals surface area contributed by atoms with Crippen molar-refractivity contribution in [2.24, 2.45) is 0 Å². The molecular formula is C16H27N3O2. The fraction of sp³-hybridized carbons (Fsp3) is 0.625. The number of hydrogen-bond acceptors (Lipinski definition) is 4. The standard InChI is InChI=1S/C16H27N3O2/c1-5-18(6-2)9-8-10-19(7-3)15-12-14(16(20)21)11-13(4)17-15/h11-12H,5-10H2,1-4H3,(H,20,21). The number of anilines is 1. The maximum atomic E-state index is 11.1. The molecule has 0 amide bonds. The van der Waals surface area contributed by atoms with Crippen LogP contribution in [0.1, 0.15) is 43.2 Å². The summed E-state index contributed by atoms with van der Waals surface area (Å²) in [4.78, 5) is 20.1. The molecule has 5 nitrogen and oxygen atoms in total. The number of nitrogens with zero attached hydrogens (tertiary/aromatic N) is 3. The van der Waals surface area contributed by atoms with Gasteiger partial charge in [0.15, 0.2) is 0 Å². The summed E-state index contributed by atoms with van der Waals surface area (Å²) in [6.07, 6.45) is 1.05. The Hall–Kier alpha value is -1.62. The van der Waals surface area contributed by atoms with E-state index in [1.54, 1.807) is 12.1 Å². The normalized spacial score (nSPS) is 10.9. The minimum absolute atomic E-state index is 0.305. The van der Waals surface area contributed by atoms with E-state index < -0.39 is 5.97 Å². The number of carbonyl (C=O) groups is 1. The number of aromatic carboxylic acids is 1. The van der Waals surface area contributed by atoms with Gasteiger partial charge in [-0.1, -0.05) is 13.8 Å². The SMILES string of the molecule is CCN(CC)CCCN(CC)c1cc(C(=O)O)cc(C)n1. The number of rotatable bonds is 9. The highest BCUT2D eigenvalue weighted by molar-refractivity contribution is 5.88. The van der Waals surface area contributed by atoms with E-state index in [0.717, 1.165) is 50.7 Å². The van der Waals surface area contributed by atoms with Crippen molar-refractivity contribution < 1.29 is 9.90 Å². The average Bonchev–Trinajstić information content (AvgIpc) is 2.47. The zero-order valence-electron chi connectivity index (χ0n) is 13.6. The maximum Gasteiger partial charge on any atom is 0.335 e. The summed E-state index contributed by atoms with van der Waals surface area (Å²) in [5.74, 6) is -0.143. The third-order valence-electron chi connectivity index (χ3n) is 3.69. The number of aromatic nitrogens is 1. The maximum absolute atomic E-state index is 11.1. The summed E-state index contributed by atoms with van der Waals surface area (Å²) >= 11 is 0. The summed E-state index contributed by atoms with van der Waals surface area (Å²) < 4.78 is 0. The minimum atomic E-state index is -0.902. The predicted molar refractivity (Wildman–Crippen MR) is 86.2 cm³/mol. The molecule has 0 atom stereocenters. The Labute approximate surface area is 127 Å². The molecule has 0 bridgehead atoms. The molecule has 1 N–H and O–H groups in total. The highest BCUT2D eigenvalue weighted by atomic mass is 16.4. The van der Waals surface area contributed by atoms with Crippen molar-refractivity contribution in [2.45, 2.75) is 34.1 Å². The van der Waals surface area contributed by atoms with Crippen molar-refractivity contribution >= 4 is 11.8 Å². The Morgan fingerprint density at radius 2 is 1.81 bits per heavy atom. The van der Waals surface area contributed by atoms with E-state index in [4.69, 9.17) is 5.11 Å². The molecule has 0 saturated heterocycles. The Bertz CT molecular complexity index is 459. The van der Waals surface area contributed by atoms with Crippen molar-refractivity contribution in [1.82, 2.24) is 9.88 Å². The highest BCUT2D eigenvalue weighted by Gasteiger charge is 2.11. The van der Waals surface area contributed by atoms with Gasteiger partial charge in [0.1, 0.15) is 5.82 Å². The topological polar surface area (TPSA) is 56.7 Å². The third kappa shape index (κ3) is 5.34. The van der Waals surface area contributed by atoms with E-state index in [1.807, 2.05) is 6.92 Å². The number of aryl methyl sites for hydroxylation is 1. The molecule has 0 radical (unpaired) electrons. The second kappa shape index (κ2) is 8.62. The lowest BCUT2D eigenvalue weighted by Crippen LogP contribution is -2.30. The van der Waals surface area contributed by atoms with Gasteiger partial charge in [-0.15, -0.1) is 0 Å². The molecule has 1 aromatic rings. The van der Waals surface area contributed by atoms with Gasteiger partial charge < -0.3 is 14.9 Å². The van der Waals surface area contributed by atoms with Crippen molar-refractivity contribution in [3.63, 3.8) is 0 Å². The molecule has 21 heavy (non-hydrogen) atoms. The first kappa shape index (κ1) is 17.4. The Balaban J connectivity index is 2.73. The van der Waals surface area contributed by atoms with Crippen LogP contribution in [0.2, 0.25) is 0 Å². The van der Waals surface area contributed by atoms with Crippen LogP contribution >= 0.6 is 0 Å². The van der Waals surface area contributed by atoms with Gasteiger partial charge in [-0.05, 0) is 52.0 Å². The smallest absolute Gasteiger partial charge is 0.335 e. The van der Waals surface area contributed by atoms with Gasteiger partial charge in [-0.25, -0.2) is 9.78 Å². The van der Waals surface area contributed by atoms with Gasteiger partial charge in [-0.3, -0.25) is 0 Å². The first-order valence-corrected chi connectivity index (χ1v) is 7.71. The fourth-order valence-electron chi connectivity index (χ4n) is 2.40. The van der Waals surface area contributed by atoms with Crippen LogP contribution in [0.15, 0.2) is 12.1 Å². The molecule has 1 aromatic heterocycles. The van der Waals surface area contributed by atoms with Crippen LogP contribution in [0.4, 0.5) is 5.82 Å². The molecule has 0 fully saturated rings. The van der Waals surface area contributed by atoms with Gasteiger partial charge >= 0.3 is 5.97 Å². The van der Waals surface area contributed by atoms with E-state index >= 15 is 0 Å². The van der Waals surface area contributed by atoms with Crippen molar-refractivity contribution in [2.75, 3.05) is 37.6 Å². The molecule has 0 aromatic carbocycles. The van der Waals surface area contributed by atoms with Gasteiger partial charge in [0.2, 0.25) is 0 Å². The molecule has 5 heteroatoms. The molecule has 0 aliphatic heterocycles. The third-order valence-corrected chi connectivity index (χ3v) is 3.69. The van der Waals surface area contributed by atoms with Crippen LogP contribution in [0.25, 0.3) is 0 Å². The van der Waals surface area contributed by atoms with Gasteiger partial charge in [0.05, 0.1) is 5.56 Å². The van der Waals surface area contributed by atoms with E-state index in [2.05, 4.69) is 35.6 Å². The summed E-state index contributed by atoms with van der Waals surface area (Å²) in [5, 5.41) is 9.15. The van der Waals surface area contributed by atoms with E-state index in [-0.39, 0.29) is 0 Å². The molecule has 1 rings (SSSR count). The molecule has 118 valence electrons. The van der Waals surface area contributed by atoms with Crippen molar-refractivity contribution in [1.29, 1.82) is 0 Å². The number of hydrogen-bond donors (Lipinski definition) is 1. The van der Waals surface area contributed by atoms with Crippen LogP contribution < -0.4 is 4.90 Å². The molecule has 0 saturated carbocycles. The van der Waals surface area contributed by atoms with E-state index in [9.17, 15) is 4.79 Å². The Morgan fingerprint density at radius 3 is 2.33 bits per heavy atom. The summed E-state index contributed by atoms with van der Waals surface area (Å²) in [6.45, 7) is 13.1. The van der Waals surface area contributed by atoms with Crippen LogP contribution in [0.3, 0.4) is 0 Å². The lowest BCUT2D eigenvalue weighted by atomic mass is 10.2. The van der Waals surface area contributed by atoms with Gasteiger partial charge in [-0.2, -0.15) is 0 Å². The minimum Gasteiger partial charge on any atom is -0.478 e. The molecule has 1 heterocycles. The van der Waals surface area contributed by atoms with Gasteiger partial charge in [0.25, 0.3) is 0 Å². The van der Waals surface area contributed by atoms with E-state index in [1.165, 1.54) is 0 Å². The Morgan fingerprint density at radius 1 is 1.14 bits per heavy atom. The molecule has 0 aliphatic carbocycles. The second-order valence-corrected chi connectivity index (χ2v) is 5.12. The Kier molecular flexibility index (Phi) is 7.15. The highest BCUT2D eigenvalue weighted by Crippen LogP contribution is 2.15. The van der Waals surface area contributed by atoms with Crippen LogP contribution in [0, 0.1) is 6.92 Å². The summed E-state index contributed by atoms with van der Waals surface area (Å²) in [6, 6.07) is 3.27. The zero-order valence-corrected chi connectivity index (χ0v) is 13.6. The number of pyridine rings is 1. The van der Waals surface area contributed by atoms with E-state index in [0.29, 0.717) is 5.56 Å². The largest absolute Gasteiger partial charge is 0.478 e. The summed E-state index contributed by atoms with van der Waals surface area (Å²) in [5.41, 5.74) is 1.05. The quantitative estimate of drug-likeness (QED) is 0.758. The van der Waals surface area contributed by atoms with Crippen LogP contribution in [-0.2, 0) is 0 Å². The van der Waals surface area contributed by atoms with Crippen molar-refractivity contribution in [3.05, 3.63) is 23.4 Å². The van der Waals surface area contributed by atoms with Crippen LogP contribution in [0.5, 0.6) is 0 Å². The number of carboxylic acid groups (broad SMARTS) is 1. The molecule has 0 unspecified atom stereocenters.